The van der Waals surface area contributed by atoms with Gasteiger partial charge < -0.3 is 5.32 Å². The second-order valence-electron chi connectivity index (χ2n) is 4.74. The van der Waals surface area contributed by atoms with Crippen LogP contribution in [0.4, 0.5) is 8.78 Å². The van der Waals surface area contributed by atoms with Gasteiger partial charge in [0.2, 0.25) is 5.92 Å². The molecule has 18 heavy (non-hydrogen) atoms. The molecule has 0 saturated heterocycles. The molecule has 1 heterocycles. The number of alkyl halides is 2. The third kappa shape index (κ3) is 3.22. The number of nitrogens with zero attached hydrogens (tertiary/aromatic N) is 2. The first kappa shape index (κ1) is 13.3. The van der Waals surface area contributed by atoms with Gasteiger partial charge in [0.05, 0.1) is 6.20 Å². The van der Waals surface area contributed by atoms with E-state index in [2.05, 4.69) is 14.9 Å². The van der Waals surface area contributed by atoms with Crippen LogP contribution < -0.4 is 5.32 Å². The number of carbonyl (C=O) groups is 1. The lowest BCUT2D eigenvalue weighted by Gasteiger charge is -2.32. The summed E-state index contributed by atoms with van der Waals surface area (Å²) < 4.78 is 29.7. The van der Waals surface area contributed by atoms with E-state index < -0.39 is 5.92 Å². The van der Waals surface area contributed by atoms with E-state index in [0.717, 1.165) is 11.5 Å². The molecule has 0 bridgehead atoms. The maximum atomic E-state index is 13.0. The van der Waals surface area contributed by atoms with Crippen molar-refractivity contribution in [1.82, 2.24) is 14.9 Å². The molecule has 1 unspecified atom stereocenters. The van der Waals surface area contributed by atoms with E-state index >= 15 is 0 Å². The molecular formula is C11H15F2N3OS. The summed E-state index contributed by atoms with van der Waals surface area (Å²) in [4.78, 5) is 12.2. The Morgan fingerprint density at radius 2 is 2.22 bits per heavy atom. The van der Waals surface area contributed by atoms with Crippen molar-refractivity contribution in [2.24, 2.45) is 5.92 Å². The first-order chi connectivity index (χ1) is 8.48. The summed E-state index contributed by atoms with van der Waals surface area (Å²) in [5.74, 6) is -2.63. The number of halogens is 2. The predicted molar refractivity (Wildman–Crippen MR) is 63.7 cm³/mol. The Balaban J connectivity index is 1.85. The summed E-state index contributed by atoms with van der Waals surface area (Å²) in [5.41, 5.74) is 0. The van der Waals surface area contributed by atoms with Gasteiger partial charge in [-0.25, -0.2) is 8.78 Å². The molecule has 1 aliphatic carbocycles. The van der Waals surface area contributed by atoms with Gasteiger partial charge in [-0.2, -0.15) is 0 Å². The maximum absolute atomic E-state index is 13.0. The second kappa shape index (κ2) is 5.26. The lowest BCUT2D eigenvalue weighted by Crippen LogP contribution is -2.40. The van der Waals surface area contributed by atoms with E-state index in [1.54, 1.807) is 0 Å². The highest BCUT2D eigenvalue weighted by atomic mass is 32.1. The average Bonchev–Trinajstić information content (AvgIpc) is 2.82. The molecule has 1 amide bonds. The Bertz CT molecular complexity index is 400. The van der Waals surface area contributed by atoms with Crippen molar-refractivity contribution in [3.63, 3.8) is 0 Å². The zero-order chi connectivity index (χ0) is 13.2. The fraction of sp³-hybridized carbons (Fsp3) is 0.727. The lowest BCUT2D eigenvalue weighted by atomic mass is 9.82. The first-order valence-corrected chi connectivity index (χ1v) is 6.71. The van der Waals surface area contributed by atoms with Crippen molar-refractivity contribution < 1.29 is 13.6 Å². The number of hydrogen-bond donors (Lipinski definition) is 1. The largest absolute Gasteiger partial charge is 0.349 e. The summed E-state index contributed by atoms with van der Waals surface area (Å²) >= 11 is 1.03. The third-order valence-corrected chi connectivity index (χ3v) is 4.08. The molecule has 4 nitrogen and oxygen atoms in total. The van der Waals surface area contributed by atoms with Gasteiger partial charge in [0, 0.05) is 18.9 Å². The monoisotopic (exact) mass is 275 g/mol. The molecule has 0 radical (unpaired) electrons. The predicted octanol–water partition coefficient (Wildman–Crippen LogP) is 2.48. The quantitative estimate of drug-likeness (QED) is 0.922. The summed E-state index contributed by atoms with van der Waals surface area (Å²) in [6, 6.07) is -0.101. The smallest absolute Gasteiger partial charge is 0.264 e. The van der Waals surface area contributed by atoms with Crippen molar-refractivity contribution in [3.8, 4) is 0 Å². The van der Waals surface area contributed by atoms with Gasteiger partial charge in [-0.05, 0) is 37.2 Å². The molecule has 0 aromatic carbocycles. The molecule has 7 heteroatoms. The van der Waals surface area contributed by atoms with Gasteiger partial charge in [-0.1, -0.05) is 4.49 Å². The normalized spacial score (nSPS) is 21.5. The minimum absolute atomic E-state index is 0.0833. The minimum Gasteiger partial charge on any atom is -0.349 e. The number of hydrogen-bond acceptors (Lipinski definition) is 4. The number of carbonyl (C=O) groups excluding carboxylic acids is 1. The van der Waals surface area contributed by atoms with E-state index in [0.29, 0.717) is 17.7 Å². The SMILES string of the molecule is CC(NC(=O)c1cnns1)C1CCC(F)(F)CC1. The second-order valence-corrected chi connectivity index (χ2v) is 5.52. The van der Waals surface area contributed by atoms with E-state index in [4.69, 9.17) is 0 Å². The molecule has 1 aromatic heterocycles. The fourth-order valence-corrected chi connectivity index (χ4v) is 2.64. The molecule has 1 aromatic rings. The van der Waals surface area contributed by atoms with Crippen LogP contribution in [0.15, 0.2) is 6.20 Å². The standard InChI is InChI=1S/C11H15F2N3OS/c1-7(8-2-4-11(12,13)5-3-8)15-10(17)9-6-14-16-18-9/h6-8H,2-5H2,1H3,(H,15,17). The third-order valence-electron chi connectivity index (χ3n) is 3.41. The number of aromatic nitrogens is 2. The Morgan fingerprint density at radius 3 is 2.78 bits per heavy atom. The van der Waals surface area contributed by atoms with Gasteiger partial charge >= 0.3 is 0 Å². The first-order valence-electron chi connectivity index (χ1n) is 5.94. The molecule has 2 rings (SSSR count). The molecule has 0 spiro atoms. The van der Waals surface area contributed by atoms with Gasteiger partial charge in [0.1, 0.15) is 4.88 Å². The highest BCUT2D eigenvalue weighted by molar-refractivity contribution is 7.07. The van der Waals surface area contributed by atoms with Crippen molar-refractivity contribution in [3.05, 3.63) is 11.1 Å². The average molecular weight is 275 g/mol. The van der Waals surface area contributed by atoms with Crippen LogP contribution in [-0.2, 0) is 0 Å². The molecule has 1 atom stereocenters. The molecule has 100 valence electrons. The van der Waals surface area contributed by atoms with Crippen LogP contribution in [0.5, 0.6) is 0 Å². The molecule has 1 saturated carbocycles. The van der Waals surface area contributed by atoms with Gasteiger partial charge in [-0.3, -0.25) is 4.79 Å². The fourth-order valence-electron chi connectivity index (χ4n) is 2.23. The van der Waals surface area contributed by atoms with E-state index in [1.807, 2.05) is 6.92 Å². The van der Waals surface area contributed by atoms with Gasteiger partial charge in [-0.15, -0.1) is 5.10 Å². The van der Waals surface area contributed by atoms with Crippen LogP contribution in [0.3, 0.4) is 0 Å². The van der Waals surface area contributed by atoms with Gasteiger partial charge in [0.25, 0.3) is 5.91 Å². The van der Waals surface area contributed by atoms with Gasteiger partial charge in [0.15, 0.2) is 0 Å². The highest BCUT2D eigenvalue weighted by Gasteiger charge is 2.36. The summed E-state index contributed by atoms with van der Waals surface area (Å²) in [6.07, 6.45) is 2.15. The minimum atomic E-state index is -2.53. The molecule has 1 fully saturated rings. The van der Waals surface area contributed by atoms with Crippen molar-refractivity contribution in [1.29, 1.82) is 0 Å². The summed E-state index contributed by atoms with van der Waals surface area (Å²) in [7, 11) is 0. The van der Waals surface area contributed by atoms with Crippen LogP contribution >= 0.6 is 11.5 Å². The Labute approximate surface area is 108 Å². The van der Waals surface area contributed by atoms with Crippen molar-refractivity contribution >= 4 is 17.4 Å². The van der Waals surface area contributed by atoms with Crippen LogP contribution in [0.1, 0.15) is 42.3 Å². The van der Waals surface area contributed by atoms with Crippen LogP contribution in [0.25, 0.3) is 0 Å². The van der Waals surface area contributed by atoms with Crippen LogP contribution in [0, 0.1) is 5.92 Å². The number of rotatable bonds is 3. The molecular weight excluding hydrogens is 260 g/mol. The topological polar surface area (TPSA) is 54.9 Å². The molecule has 1 aliphatic rings. The Morgan fingerprint density at radius 1 is 1.56 bits per heavy atom. The van der Waals surface area contributed by atoms with E-state index in [9.17, 15) is 13.6 Å². The number of amides is 1. The summed E-state index contributed by atoms with van der Waals surface area (Å²) in [5, 5.41) is 6.42. The Kier molecular flexibility index (Phi) is 3.89. The lowest BCUT2D eigenvalue weighted by molar-refractivity contribution is -0.0485. The van der Waals surface area contributed by atoms with E-state index in [-0.39, 0.29) is 30.7 Å². The molecule has 0 aliphatic heterocycles. The van der Waals surface area contributed by atoms with Crippen LogP contribution in [-0.4, -0.2) is 27.5 Å². The van der Waals surface area contributed by atoms with E-state index in [1.165, 1.54) is 6.20 Å². The maximum Gasteiger partial charge on any atom is 0.264 e. The highest BCUT2D eigenvalue weighted by Crippen LogP contribution is 2.37. The summed E-state index contributed by atoms with van der Waals surface area (Å²) in [6.45, 7) is 1.86. The molecule has 1 N–H and O–H groups in total. The zero-order valence-corrected chi connectivity index (χ0v) is 10.8. The van der Waals surface area contributed by atoms with Crippen molar-refractivity contribution in [2.45, 2.75) is 44.6 Å². The van der Waals surface area contributed by atoms with Crippen molar-refractivity contribution in [2.75, 3.05) is 0 Å². The van der Waals surface area contributed by atoms with Crippen LogP contribution in [0.2, 0.25) is 0 Å². The zero-order valence-electron chi connectivity index (χ0n) is 10.0. The Hall–Kier alpha value is -1.11. The number of nitrogens with one attached hydrogen (secondary N) is 1.